The summed E-state index contributed by atoms with van der Waals surface area (Å²) < 4.78 is 4.77. The first-order valence-electron chi connectivity index (χ1n) is 3.50. The van der Waals surface area contributed by atoms with Crippen molar-refractivity contribution in [2.45, 2.75) is 19.3 Å². The lowest BCUT2D eigenvalue weighted by atomic mass is 10.2. The first-order chi connectivity index (χ1) is 5.27. The molecular weight excluding hydrogens is 144 g/mol. The molecule has 0 aliphatic heterocycles. The van der Waals surface area contributed by atoms with Crippen LogP contribution in [0.4, 0.5) is 0 Å². The SMILES string of the molecule is C#CCCCCOCC(=O)O. The number of ether oxygens (including phenoxy) is 1. The van der Waals surface area contributed by atoms with Crippen molar-refractivity contribution in [2.75, 3.05) is 13.2 Å². The van der Waals surface area contributed by atoms with Crippen LogP contribution in [0.3, 0.4) is 0 Å². The van der Waals surface area contributed by atoms with Crippen LogP contribution >= 0.6 is 0 Å². The van der Waals surface area contributed by atoms with Gasteiger partial charge in [0.2, 0.25) is 0 Å². The van der Waals surface area contributed by atoms with Gasteiger partial charge in [-0.05, 0) is 12.8 Å². The largest absolute Gasteiger partial charge is 0.480 e. The minimum atomic E-state index is -0.929. The fourth-order valence-electron chi connectivity index (χ4n) is 0.591. The van der Waals surface area contributed by atoms with E-state index >= 15 is 0 Å². The Bertz CT molecular complexity index is 146. The number of terminal acetylenes is 1. The van der Waals surface area contributed by atoms with Gasteiger partial charge in [0.15, 0.2) is 0 Å². The van der Waals surface area contributed by atoms with Crippen LogP contribution in [0.15, 0.2) is 0 Å². The topological polar surface area (TPSA) is 46.5 Å². The molecule has 0 unspecified atom stereocenters. The van der Waals surface area contributed by atoms with E-state index in [-0.39, 0.29) is 6.61 Å². The van der Waals surface area contributed by atoms with E-state index in [0.29, 0.717) is 6.61 Å². The van der Waals surface area contributed by atoms with Crippen LogP contribution in [0, 0.1) is 12.3 Å². The molecule has 0 aliphatic rings. The van der Waals surface area contributed by atoms with Gasteiger partial charge in [0, 0.05) is 13.0 Å². The van der Waals surface area contributed by atoms with Gasteiger partial charge in [0.05, 0.1) is 0 Å². The zero-order chi connectivity index (χ0) is 8.53. The van der Waals surface area contributed by atoms with Crippen molar-refractivity contribution < 1.29 is 14.6 Å². The molecule has 1 N–H and O–H groups in total. The number of carbonyl (C=O) groups is 1. The summed E-state index contributed by atoms with van der Waals surface area (Å²) in [5.74, 6) is 1.57. The molecule has 0 saturated carbocycles. The highest BCUT2D eigenvalue weighted by atomic mass is 16.5. The number of carboxylic acid groups (broad SMARTS) is 1. The molecule has 3 nitrogen and oxygen atoms in total. The second kappa shape index (κ2) is 7.10. The lowest BCUT2D eigenvalue weighted by Crippen LogP contribution is -2.07. The van der Waals surface area contributed by atoms with E-state index in [9.17, 15) is 4.79 Å². The van der Waals surface area contributed by atoms with Crippen LogP contribution < -0.4 is 0 Å². The molecule has 0 aliphatic carbocycles. The smallest absolute Gasteiger partial charge is 0.329 e. The molecule has 62 valence electrons. The lowest BCUT2D eigenvalue weighted by Gasteiger charge is -1.98. The van der Waals surface area contributed by atoms with Crippen molar-refractivity contribution in [3.8, 4) is 12.3 Å². The predicted molar refractivity (Wildman–Crippen MR) is 41.1 cm³/mol. The molecule has 0 aromatic heterocycles. The van der Waals surface area contributed by atoms with Crippen LogP contribution in [0.25, 0.3) is 0 Å². The number of rotatable bonds is 6. The maximum absolute atomic E-state index is 9.93. The van der Waals surface area contributed by atoms with Gasteiger partial charge in [-0.3, -0.25) is 0 Å². The minimum Gasteiger partial charge on any atom is -0.480 e. The van der Waals surface area contributed by atoms with Crippen molar-refractivity contribution in [1.82, 2.24) is 0 Å². The Labute approximate surface area is 66.4 Å². The van der Waals surface area contributed by atoms with Crippen molar-refractivity contribution in [3.05, 3.63) is 0 Å². The zero-order valence-corrected chi connectivity index (χ0v) is 6.38. The molecule has 0 fully saturated rings. The average Bonchev–Trinajstić information content (AvgIpc) is 1.96. The highest BCUT2D eigenvalue weighted by Crippen LogP contribution is 1.93. The molecule has 11 heavy (non-hydrogen) atoms. The Morgan fingerprint density at radius 1 is 1.55 bits per heavy atom. The average molecular weight is 156 g/mol. The van der Waals surface area contributed by atoms with Crippen LogP contribution in [-0.4, -0.2) is 24.3 Å². The van der Waals surface area contributed by atoms with Crippen molar-refractivity contribution >= 4 is 5.97 Å². The number of hydrogen-bond acceptors (Lipinski definition) is 2. The number of aliphatic carboxylic acids is 1. The second-order valence-corrected chi connectivity index (χ2v) is 2.11. The van der Waals surface area contributed by atoms with Gasteiger partial charge < -0.3 is 9.84 Å². The molecular formula is C8H12O3. The number of hydrogen-bond donors (Lipinski definition) is 1. The third-order valence-electron chi connectivity index (χ3n) is 1.09. The van der Waals surface area contributed by atoms with Gasteiger partial charge in [0.25, 0.3) is 0 Å². The molecule has 0 rings (SSSR count). The molecule has 0 aromatic rings. The summed E-state index contributed by atoms with van der Waals surface area (Å²) in [6.07, 6.45) is 7.47. The van der Waals surface area contributed by atoms with Gasteiger partial charge >= 0.3 is 5.97 Å². The fourth-order valence-corrected chi connectivity index (χ4v) is 0.591. The van der Waals surface area contributed by atoms with E-state index in [2.05, 4.69) is 5.92 Å². The van der Waals surface area contributed by atoms with Gasteiger partial charge in [-0.15, -0.1) is 12.3 Å². The zero-order valence-electron chi connectivity index (χ0n) is 6.38. The third-order valence-corrected chi connectivity index (χ3v) is 1.09. The van der Waals surface area contributed by atoms with E-state index in [1.807, 2.05) is 0 Å². The summed E-state index contributed by atoms with van der Waals surface area (Å²) in [4.78, 5) is 9.93. The van der Waals surface area contributed by atoms with E-state index in [4.69, 9.17) is 16.3 Å². The summed E-state index contributed by atoms with van der Waals surface area (Å²) >= 11 is 0. The first kappa shape index (κ1) is 9.99. The van der Waals surface area contributed by atoms with E-state index in [0.717, 1.165) is 19.3 Å². The Balaban J connectivity index is 2.92. The summed E-state index contributed by atoms with van der Waals surface area (Å²) in [6.45, 7) is 0.268. The van der Waals surface area contributed by atoms with Crippen LogP contribution in [-0.2, 0) is 9.53 Å². The predicted octanol–water partition coefficient (Wildman–Crippen LogP) is 0.891. The summed E-state index contributed by atoms with van der Waals surface area (Å²) in [6, 6.07) is 0. The van der Waals surface area contributed by atoms with Gasteiger partial charge in [-0.25, -0.2) is 4.79 Å². The monoisotopic (exact) mass is 156 g/mol. The molecule has 3 heteroatoms. The standard InChI is InChI=1S/C8H12O3/c1-2-3-4-5-6-11-7-8(9)10/h1H,3-7H2,(H,9,10). The highest BCUT2D eigenvalue weighted by Gasteiger charge is 1.94. The minimum absolute atomic E-state index is 0.212. The summed E-state index contributed by atoms with van der Waals surface area (Å²) in [7, 11) is 0. The molecule has 0 heterocycles. The quantitative estimate of drug-likeness (QED) is 0.459. The van der Waals surface area contributed by atoms with Gasteiger partial charge in [0.1, 0.15) is 6.61 Å². The van der Waals surface area contributed by atoms with Crippen molar-refractivity contribution in [1.29, 1.82) is 0 Å². The van der Waals surface area contributed by atoms with E-state index < -0.39 is 5.97 Å². The molecule has 0 aromatic carbocycles. The van der Waals surface area contributed by atoms with E-state index in [1.165, 1.54) is 0 Å². The second-order valence-electron chi connectivity index (χ2n) is 2.11. The lowest BCUT2D eigenvalue weighted by molar-refractivity contribution is -0.142. The molecule has 0 amide bonds. The molecule has 0 radical (unpaired) electrons. The Hall–Kier alpha value is -1.01. The van der Waals surface area contributed by atoms with Crippen LogP contribution in [0.1, 0.15) is 19.3 Å². The Morgan fingerprint density at radius 3 is 2.82 bits per heavy atom. The molecule has 0 atom stereocenters. The summed E-state index contributed by atoms with van der Waals surface area (Å²) in [5, 5.41) is 8.16. The third kappa shape index (κ3) is 8.99. The maximum Gasteiger partial charge on any atom is 0.329 e. The Morgan fingerprint density at radius 2 is 2.27 bits per heavy atom. The maximum atomic E-state index is 9.93. The normalized spacial score (nSPS) is 9.00. The fraction of sp³-hybridized carbons (Fsp3) is 0.625. The van der Waals surface area contributed by atoms with Gasteiger partial charge in [-0.2, -0.15) is 0 Å². The molecule has 0 spiro atoms. The summed E-state index contributed by atoms with van der Waals surface area (Å²) in [5.41, 5.74) is 0. The van der Waals surface area contributed by atoms with Crippen molar-refractivity contribution in [3.63, 3.8) is 0 Å². The molecule has 0 bridgehead atoms. The van der Waals surface area contributed by atoms with Crippen molar-refractivity contribution in [2.24, 2.45) is 0 Å². The highest BCUT2D eigenvalue weighted by molar-refractivity contribution is 5.67. The van der Waals surface area contributed by atoms with E-state index in [1.54, 1.807) is 0 Å². The molecule has 0 saturated heterocycles. The Kier molecular flexibility index (Phi) is 6.45. The van der Waals surface area contributed by atoms with Crippen LogP contribution in [0.2, 0.25) is 0 Å². The number of carboxylic acids is 1. The van der Waals surface area contributed by atoms with Crippen LogP contribution in [0.5, 0.6) is 0 Å². The van der Waals surface area contributed by atoms with Gasteiger partial charge in [-0.1, -0.05) is 0 Å². The number of unbranched alkanes of at least 4 members (excludes halogenated alkanes) is 2. The first-order valence-corrected chi connectivity index (χ1v) is 3.50.